The van der Waals surface area contributed by atoms with E-state index in [0.29, 0.717) is 38.6 Å². The van der Waals surface area contributed by atoms with Crippen LogP contribution in [-0.2, 0) is 14.4 Å². The second-order valence-electron chi connectivity index (χ2n) is 5.87. The molecule has 0 aromatic rings. The highest BCUT2D eigenvalue weighted by molar-refractivity contribution is 5.75. The Kier molecular flexibility index (Phi) is 8.50. The van der Waals surface area contributed by atoms with Crippen molar-refractivity contribution < 1.29 is 24.6 Å². The number of carbonyl (C=O) groups excluding carboxylic acids is 1. The molecular weight excluding hydrogens is 288 g/mol. The van der Waals surface area contributed by atoms with Gasteiger partial charge in [-0.1, -0.05) is 19.3 Å². The summed E-state index contributed by atoms with van der Waals surface area (Å²) in [5.74, 6) is -1.97. The van der Waals surface area contributed by atoms with Crippen molar-refractivity contribution in [2.45, 2.75) is 57.8 Å². The predicted molar refractivity (Wildman–Crippen MR) is 80.0 cm³/mol. The average molecular weight is 314 g/mol. The largest absolute Gasteiger partial charge is 0.481 e. The van der Waals surface area contributed by atoms with Crippen LogP contribution in [-0.4, -0.2) is 34.6 Å². The zero-order valence-electron chi connectivity index (χ0n) is 12.8. The minimum Gasteiger partial charge on any atom is -0.481 e. The topological polar surface area (TPSA) is 116 Å². The minimum absolute atomic E-state index is 0.0575. The fourth-order valence-corrected chi connectivity index (χ4v) is 2.86. The van der Waals surface area contributed by atoms with E-state index in [1.54, 1.807) is 0 Å². The van der Waals surface area contributed by atoms with Gasteiger partial charge in [0, 0.05) is 19.4 Å². The van der Waals surface area contributed by atoms with Crippen molar-refractivity contribution in [3.8, 4) is 0 Å². The van der Waals surface area contributed by atoms with Crippen LogP contribution in [0.5, 0.6) is 0 Å². The average Bonchev–Trinajstić information content (AvgIpc) is 2.47. The molecule has 0 heterocycles. The van der Waals surface area contributed by atoms with Crippen molar-refractivity contribution in [1.82, 2.24) is 10.9 Å². The van der Waals surface area contributed by atoms with Crippen molar-refractivity contribution in [3.05, 3.63) is 0 Å². The summed E-state index contributed by atoms with van der Waals surface area (Å²) in [5.41, 5.74) is 5.43. The summed E-state index contributed by atoms with van der Waals surface area (Å²) in [7, 11) is 0. The summed E-state index contributed by atoms with van der Waals surface area (Å²) in [5, 5.41) is 17.7. The first kappa shape index (κ1) is 18.4. The molecule has 126 valence electrons. The van der Waals surface area contributed by atoms with Crippen LogP contribution >= 0.6 is 0 Å². The van der Waals surface area contributed by atoms with E-state index in [9.17, 15) is 14.4 Å². The van der Waals surface area contributed by atoms with Gasteiger partial charge in [-0.25, -0.2) is 5.43 Å². The zero-order chi connectivity index (χ0) is 16.4. The Labute approximate surface area is 130 Å². The van der Waals surface area contributed by atoms with E-state index >= 15 is 0 Å². The Morgan fingerprint density at radius 2 is 1.64 bits per heavy atom. The number of hydrogen-bond donors (Lipinski definition) is 4. The molecule has 4 N–H and O–H groups in total. The number of aliphatic carboxylic acids is 2. The molecular formula is C15H26N2O5. The van der Waals surface area contributed by atoms with Gasteiger partial charge in [-0.3, -0.25) is 19.8 Å². The fraction of sp³-hybridized carbons (Fsp3) is 0.800. The monoisotopic (exact) mass is 314 g/mol. The zero-order valence-corrected chi connectivity index (χ0v) is 12.8. The molecule has 1 aliphatic rings. The van der Waals surface area contributed by atoms with Gasteiger partial charge in [0.25, 0.3) is 0 Å². The molecule has 1 aliphatic carbocycles. The number of unbranched alkanes of at least 4 members (excludes halogenated alkanes) is 2. The quantitative estimate of drug-likeness (QED) is 0.359. The van der Waals surface area contributed by atoms with Crippen molar-refractivity contribution in [2.75, 3.05) is 6.54 Å². The fourth-order valence-electron chi connectivity index (χ4n) is 2.86. The predicted octanol–water partition coefficient (Wildman–Crippen LogP) is 1.53. The third-order valence-corrected chi connectivity index (χ3v) is 4.11. The summed E-state index contributed by atoms with van der Waals surface area (Å²) >= 11 is 0. The van der Waals surface area contributed by atoms with Gasteiger partial charge in [-0.2, -0.15) is 0 Å². The molecule has 22 heavy (non-hydrogen) atoms. The van der Waals surface area contributed by atoms with Crippen LogP contribution in [0.15, 0.2) is 0 Å². The molecule has 0 aromatic heterocycles. The molecule has 1 amide bonds. The van der Waals surface area contributed by atoms with E-state index in [2.05, 4.69) is 10.9 Å². The van der Waals surface area contributed by atoms with Gasteiger partial charge in [0.1, 0.15) is 0 Å². The highest BCUT2D eigenvalue weighted by Gasteiger charge is 2.30. The molecule has 7 nitrogen and oxygen atoms in total. The van der Waals surface area contributed by atoms with Gasteiger partial charge in [-0.15, -0.1) is 0 Å². The maximum Gasteiger partial charge on any atom is 0.306 e. The molecule has 2 atom stereocenters. The highest BCUT2D eigenvalue weighted by atomic mass is 16.4. The number of hydrazine groups is 1. The van der Waals surface area contributed by atoms with Gasteiger partial charge in [-0.05, 0) is 31.6 Å². The van der Waals surface area contributed by atoms with E-state index in [0.717, 1.165) is 19.3 Å². The summed E-state index contributed by atoms with van der Waals surface area (Å²) < 4.78 is 0. The lowest BCUT2D eigenvalue weighted by Crippen LogP contribution is -2.43. The first-order valence-electron chi connectivity index (χ1n) is 7.97. The Morgan fingerprint density at radius 3 is 2.32 bits per heavy atom. The van der Waals surface area contributed by atoms with Crippen LogP contribution in [0.2, 0.25) is 0 Å². The van der Waals surface area contributed by atoms with Crippen LogP contribution in [0.1, 0.15) is 57.8 Å². The smallest absolute Gasteiger partial charge is 0.306 e. The van der Waals surface area contributed by atoms with Crippen LogP contribution in [0.4, 0.5) is 0 Å². The first-order valence-corrected chi connectivity index (χ1v) is 7.97. The lowest BCUT2D eigenvalue weighted by atomic mass is 9.79. The summed E-state index contributed by atoms with van der Waals surface area (Å²) in [4.78, 5) is 33.1. The molecule has 2 unspecified atom stereocenters. The number of rotatable bonds is 10. The summed E-state index contributed by atoms with van der Waals surface area (Å²) in [6.07, 6.45) is 6.00. The highest BCUT2D eigenvalue weighted by Crippen LogP contribution is 2.29. The lowest BCUT2D eigenvalue weighted by molar-refractivity contribution is -0.145. The number of nitrogens with one attached hydrogen (secondary N) is 2. The Bertz CT molecular complexity index is 386. The minimum atomic E-state index is -0.813. The number of carboxylic acid groups (broad SMARTS) is 2. The van der Waals surface area contributed by atoms with Gasteiger partial charge >= 0.3 is 11.9 Å². The van der Waals surface area contributed by atoms with Crippen LogP contribution < -0.4 is 10.9 Å². The number of amides is 1. The van der Waals surface area contributed by atoms with E-state index < -0.39 is 11.9 Å². The molecule has 0 radical (unpaired) electrons. The van der Waals surface area contributed by atoms with E-state index in [1.807, 2.05) is 0 Å². The molecule has 1 saturated carbocycles. The van der Waals surface area contributed by atoms with Crippen LogP contribution in [0, 0.1) is 11.8 Å². The number of carboxylic acids is 2. The van der Waals surface area contributed by atoms with Gasteiger partial charge in [0.2, 0.25) is 5.91 Å². The van der Waals surface area contributed by atoms with Gasteiger partial charge < -0.3 is 10.2 Å². The van der Waals surface area contributed by atoms with Crippen molar-refractivity contribution >= 4 is 17.8 Å². The van der Waals surface area contributed by atoms with Crippen LogP contribution in [0.3, 0.4) is 0 Å². The molecule has 0 spiro atoms. The van der Waals surface area contributed by atoms with E-state index in [-0.39, 0.29) is 24.2 Å². The Morgan fingerprint density at radius 1 is 0.955 bits per heavy atom. The molecule has 0 bridgehead atoms. The number of carbonyl (C=O) groups is 3. The maximum atomic E-state index is 11.6. The summed E-state index contributed by atoms with van der Waals surface area (Å²) in [6, 6.07) is 0. The molecule has 7 heteroatoms. The SMILES string of the molecule is O=C(O)CCCCCC(=O)NNCC1CCCCC1C(=O)O. The lowest BCUT2D eigenvalue weighted by Gasteiger charge is -2.28. The summed E-state index contributed by atoms with van der Waals surface area (Å²) in [6.45, 7) is 0.474. The van der Waals surface area contributed by atoms with Crippen molar-refractivity contribution in [1.29, 1.82) is 0 Å². The second-order valence-corrected chi connectivity index (χ2v) is 5.87. The molecule has 1 rings (SSSR count). The Hall–Kier alpha value is -1.63. The molecule has 1 fully saturated rings. The van der Waals surface area contributed by atoms with Crippen molar-refractivity contribution in [3.63, 3.8) is 0 Å². The van der Waals surface area contributed by atoms with E-state index in [1.165, 1.54) is 0 Å². The molecule has 0 aliphatic heterocycles. The van der Waals surface area contributed by atoms with Gasteiger partial charge in [0.05, 0.1) is 5.92 Å². The normalized spacial score (nSPS) is 21.3. The van der Waals surface area contributed by atoms with Crippen LogP contribution in [0.25, 0.3) is 0 Å². The second kappa shape index (κ2) is 10.2. The third-order valence-electron chi connectivity index (χ3n) is 4.11. The van der Waals surface area contributed by atoms with Crippen molar-refractivity contribution in [2.24, 2.45) is 11.8 Å². The molecule has 0 aromatic carbocycles. The molecule has 0 saturated heterocycles. The third kappa shape index (κ3) is 7.40. The number of hydrogen-bond acceptors (Lipinski definition) is 4. The maximum absolute atomic E-state index is 11.6. The van der Waals surface area contributed by atoms with E-state index in [4.69, 9.17) is 10.2 Å². The standard InChI is InChI=1S/C15H26N2O5/c18-13(8-2-1-3-9-14(19)20)17-16-10-11-6-4-5-7-12(11)15(21)22/h11-12,16H,1-10H2,(H,17,18)(H,19,20)(H,21,22). The first-order chi connectivity index (χ1) is 10.5. The van der Waals surface area contributed by atoms with Gasteiger partial charge in [0.15, 0.2) is 0 Å². The Balaban J connectivity index is 2.11.